The third-order valence-corrected chi connectivity index (χ3v) is 5.55. The second kappa shape index (κ2) is 10.2. The van der Waals surface area contributed by atoms with E-state index >= 15 is 0 Å². The molecule has 0 saturated carbocycles. The molecule has 0 radical (unpaired) electrons. The molecule has 1 aromatic carbocycles. The van der Waals surface area contributed by atoms with Gasteiger partial charge in [-0.25, -0.2) is 4.79 Å². The van der Waals surface area contributed by atoms with Crippen LogP contribution in [0.25, 0.3) is 10.9 Å². The number of carbonyl (C=O) groups excluding carboxylic acids is 3. The van der Waals surface area contributed by atoms with E-state index in [0.717, 1.165) is 16.5 Å². The maximum atomic E-state index is 13.3. The number of amides is 3. The van der Waals surface area contributed by atoms with Crippen LogP contribution in [0.4, 0.5) is 0 Å². The van der Waals surface area contributed by atoms with Gasteiger partial charge in [-0.15, -0.1) is 0 Å². The minimum absolute atomic E-state index is 0.0976. The van der Waals surface area contributed by atoms with E-state index in [-0.39, 0.29) is 19.5 Å². The fourth-order valence-corrected chi connectivity index (χ4v) is 3.93. The minimum Gasteiger partial charge on any atom is -0.480 e. The number of H-pyrrole nitrogens is 1. The normalized spacial score (nSPS) is 17.7. The van der Waals surface area contributed by atoms with E-state index in [4.69, 9.17) is 5.73 Å². The fourth-order valence-electron chi connectivity index (χ4n) is 3.93. The lowest BCUT2D eigenvalue weighted by Gasteiger charge is -2.28. The monoisotopic (exact) mass is 445 g/mol. The molecule has 3 rings (SSSR count). The van der Waals surface area contributed by atoms with Gasteiger partial charge >= 0.3 is 5.97 Å². The van der Waals surface area contributed by atoms with E-state index in [9.17, 15) is 29.4 Å². The minimum atomic E-state index is -1.29. The fraction of sp³-hybridized carbons (Fsp3) is 0.429. The third kappa shape index (κ3) is 5.06. The summed E-state index contributed by atoms with van der Waals surface area (Å²) in [6.07, 6.45) is 2.71. The number of nitrogens with two attached hydrogens (primary N) is 1. The number of aliphatic hydroxyl groups excluding tert-OH is 1. The number of aliphatic hydroxyl groups is 1. The number of rotatable bonds is 9. The van der Waals surface area contributed by atoms with Crippen LogP contribution in [0.2, 0.25) is 0 Å². The molecule has 3 atom stereocenters. The van der Waals surface area contributed by atoms with Gasteiger partial charge in [-0.1, -0.05) is 18.2 Å². The van der Waals surface area contributed by atoms with Gasteiger partial charge in [0.05, 0.1) is 13.2 Å². The number of aliphatic carboxylic acids is 1. The number of likely N-dealkylation sites (tertiary alicyclic amines) is 1. The first-order valence-corrected chi connectivity index (χ1v) is 10.3. The van der Waals surface area contributed by atoms with Crippen molar-refractivity contribution in [1.82, 2.24) is 20.5 Å². The average molecular weight is 445 g/mol. The molecule has 172 valence electrons. The van der Waals surface area contributed by atoms with Crippen LogP contribution < -0.4 is 16.4 Å². The maximum Gasteiger partial charge on any atom is 0.326 e. The Balaban J connectivity index is 1.86. The highest BCUT2D eigenvalue weighted by atomic mass is 16.4. The molecule has 3 amide bonds. The van der Waals surface area contributed by atoms with Crippen molar-refractivity contribution in [3.05, 3.63) is 36.0 Å². The summed E-state index contributed by atoms with van der Waals surface area (Å²) in [7, 11) is 0. The summed E-state index contributed by atoms with van der Waals surface area (Å²) in [6.45, 7) is -0.786. The zero-order valence-electron chi connectivity index (χ0n) is 17.4. The quantitative estimate of drug-likeness (QED) is 0.278. The summed E-state index contributed by atoms with van der Waals surface area (Å²) in [6, 6.07) is 4.11. The highest BCUT2D eigenvalue weighted by Gasteiger charge is 2.38. The Bertz CT molecular complexity index is 1010. The highest BCUT2D eigenvalue weighted by molar-refractivity contribution is 5.94. The van der Waals surface area contributed by atoms with E-state index in [0.29, 0.717) is 12.8 Å². The number of nitrogens with one attached hydrogen (secondary N) is 3. The molecule has 1 saturated heterocycles. The number of hydrogen-bond acceptors (Lipinski definition) is 6. The summed E-state index contributed by atoms with van der Waals surface area (Å²) in [4.78, 5) is 53.6. The zero-order valence-corrected chi connectivity index (χ0v) is 17.4. The summed E-state index contributed by atoms with van der Waals surface area (Å²) < 4.78 is 0. The first-order valence-electron chi connectivity index (χ1n) is 10.3. The lowest BCUT2D eigenvalue weighted by atomic mass is 10.0. The van der Waals surface area contributed by atoms with Gasteiger partial charge in [-0.2, -0.15) is 0 Å². The van der Waals surface area contributed by atoms with Gasteiger partial charge in [-0.05, 0) is 24.5 Å². The summed E-state index contributed by atoms with van der Waals surface area (Å²) in [5.74, 6) is -3.03. The van der Waals surface area contributed by atoms with Gasteiger partial charge in [-0.3, -0.25) is 14.4 Å². The van der Waals surface area contributed by atoms with Crippen molar-refractivity contribution in [3.63, 3.8) is 0 Å². The molecule has 2 heterocycles. The molecule has 1 aliphatic heterocycles. The predicted octanol–water partition coefficient (Wildman–Crippen LogP) is -1.29. The molecule has 0 bridgehead atoms. The second-order valence-corrected chi connectivity index (χ2v) is 7.66. The molecule has 1 aliphatic rings. The maximum absolute atomic E-state index is 13.3. The Labute approximate surface area is 183 Å². The van der Waals surface area contributed by atoms with Gasteiger partial charge < -0.3 is 36.5 Å². The largest absolute Gasteiger partial charge is 0.480 e. The Morgan fingerprint density at radius 1 is 1.19 bits per heavy atom. The molecule has 11 nitrogen and oxygen atoms in total. The van der Waals surface area contributed by atoms with Crippen molar-refractivity contribution in [3.8, 4) is 0 Å². The van der Waals surface area contributed by atoms with E-state index in [1.165, 1.54) is 4.90 Å². The molecule has 1 aromatic heterocycles. The van der Waals surface area contributed by atoms with Crippen molar-refractivity contribution < 1.29 is 29.4 Å². The number of fused-ring (bicyclic) bond motifs is 1. The lowest BCUT2D eigenvalue weighted by molar-refractivity contribution is -0.149. The standard InChI is InChI=1S/C21H27N5O6/c22-9-18(28)24-16(11-27)19(29)25-15(20(30)26-7-3-6-17(26)21(31)32)8-12-10-23-14-5-2-1-4-13(12)14/h1-2,4-5,10,15-17,23,27H,3,6-9,11,22H2,(H,24,28)(H,25,29)(H,31,32). The van der Waals surface area contributed by atoms with Gasteiger partial charge in [0.15, 0.2) is 0 Å². The van der Waals surface area contributed by atoms with Crippen LogP contribution in [-0.2, 0) is 25.6 Å². The first kappa shape index (κ1) is 23.2. The predicted molar refractivity (Wildman–Crippen MR) is 114 cm³/mol. The average Bonchev–Trinajstić information content (AvgIpc) is 3.44. The van der Waals surface area contributed by atoms with Gasteiger partial charge in [0.25, 0.3) is 0 Å². The van der Waals surface area contributed by atoms with Crippen molar-refractivity contribution in [2.24, 2.45) is 5.73 Å². The van der Waals surface area contributed by atoms with E-state index in [2.05, 4.69) is 15.6 Å². The van der Waals surface area contributed by atoms with Crippen molar-refractivity contribution in [2.45, 2.75) is 37.4 Å². The molecule has 11 heteroatoms. The number of carbonyl (C=O) groups is 4. The van der Waals surface area contributed by atoms with Gasteiger partial charge in [0.2, 0.25) is 17.7 Å². The smallest absolute Gasteiger partial charge is 0.326 e. The molecular formula is C21H27N5O6. The zero-order chi connectivity index (χ0) is 23.3. The number of benzene rings is 1. The number of carboxylic acid groups (broad SMARTS) is 1. The Morgan fingerprint density at radius 3 is 2.62 bits per heavy atom. The molecular weight excluding hydrogens is 418 g/mol. The van der Waals surface area contributed by atoms with Crippen LogP contribution in [0.5, 0.6) is 0 Å². The Kier molecular flexibility index (Phi) is 7.44. The lowest BCUT2D eigenvalue weighted by Crippen LogP contribution is -2.57. The summed E-state index contributed by atoms with van der Waals surface area (Å²) >= 11 is 0. The molecule has 0 spiro atoms. The molecule has 2 aromatic rings. The van der Waals surface area contributed by atoms with Crippen LogP contribution in [0.1, 0.15) is 18.4 Å². The van der Waals surface area contributed by atoms with Crippen LogP contribution >= 0.6 is 0 Å². The van der Waals surface area contributed by atoms with Crippen molar-refractivity contribution >= 4 is 34.6 Å². The SMILES string of the molecule is NCC(=O)NC(CO)C(=O)NC(Cc1c[nH]c2ccccc12)C(=O)N1CCCC1C(=O)O. The van der Waals surface area contributed by atoms with Crippen LogP contribution in [-0.4, -0.2) is 81.6 Å². The highest BCUT2D eigenvalue weighted by Crippen LogP contribution is 2.22. The number of nitrogens with zero attached hydrogens (tertiary/aromatic N) is 1. The number of para-hydroxylation sites is 1. The molecule has 1 fully saturated rings. The third-order valence-electron chi connectivity index (χ3n) is 5.55. The first-order chi connectivity index (χ1) is 15.3. The topological polar surface area (TPSA) is 178 Å². The summed E-state index contributed by atoms with van der Waals surface area (Å²) in [5, 5.41) is 24.7. The molecule has 7 N–H and O–H groups in total. The van der Waals surface area contributed by atoms with Gasteiger partial charge in [0.1, 0.15) is 18.1 Å². The Morgan fingerprint density at radius 2 is 1.94 bits per heavy atom. The Hall–Kier alpha value is -3.44. The van der Waals surface area contributed by atoms with Crippen molar-refractivity contribution in [2.75, 3.05) is 19.7 Å². The second-order valence-electron chi connectivity index (χ2n) is 7.66. The number of aromatic nitrogens is 1. The van der Waals surface area contributed by atoms with E-state index < -0.39 is 48.4 Å². The molecule has 0 aliphatic carbocycles. The van der Waals surface area contributed by atoms with Crippen LogP contribution in [0.15, 0.2) is 30.5 Å². The summed E-state index contributed by atoms with van der Waals surface area (Å²) in [5.41, 5.74) is 6.86. The van der Waals surface area contributed by atoms with Crippen LogP contribution in [0, 0.1) is 0 Å². The number of hydrogen-bond donors (Lipinski definition) is 6. The van der Waals surface area contributed by atoms with Gasteiger partial charge in [0, 0.05) is 30.1 Å². The number of aromatic amines is 1. The van der Waals surface area contributed by atoms with E-state index in [1.807, 2.05) is 24.3 Å². The molecule has 32 heavy (non-hydrogen) atoms. The number of carboxylic acids is 1. The van der Waals surface area contributed by atoms with Crippen molar-refractivity contribution in [1.29, 1.82) is 0 Å². The van der Waals surface area contributed by atoms with Crippen LogP contribution in [0.3, 0.4) is 0 Å². The van der Waals surface area contributed by atoms with E-state index in [1.54, 1.807) is 6.20 Å². The molecule has 3 unspecified atom stereocenters.